The Balaban J connectivity index is 1.95. The van der Waals surface area contributed by atoms with Gasteiger partial charge in [-0.25, -0.2) is 5.43 Å². The van der Waals surface area contributed by atoms with Crippen molar-refractivity contribution < 1.29 is 19.4 Å². The molecule has 2 N–H and O–H groups in total. The molecule has 0 atom stereocenters. The fourth-order valence-electron chi connectivity index (χ4n) is 2.06. The largest absolute Gasteiger partial charge is 0.504 e. The molecule has 7 heteroatoms. The summed E-state index contributed by atoms with van der Waals surface area (Å²) in [5.74, 6) is 0.331. The number of aromatic hydroxyl groups is 1. The van der Waals surface area contributed by atoms with E-state index in [1.807, 2.05) is 32.0 Å². The molecule has 25 heavy (non-hydrogen) atoms. The summed E-state index contributed by atoms with van der Waals surface area (Å²) >= 11 is 5.93. The van der Waals surface area contributed by atoms with Crippen LogP contribution >= 0.6 is 11.6 Å². The van der Waals surface area contributed by atoms with Crippen LogP contribution in [0.3, 0.4) is 0 Å². The lowest BCUT2D eigenvalue weighted by Gasteiger charge is -2.09. The lowest BCUT2D eigenvalue weighted by Crippen LogP contribution is -2.24. The Kier molecular flexibility index (Phi) is 6.25. The summed E-state index contributed by atoms with van der Waals surface area (Å²) < 4.78 is 10.5. The predicted octanol–water partition coefficient (Wildman–Crippen LogP) is 3.20. The third-order valence-corrected chi connectivity index (χ3v) is 3.60. The molecule has 2 aromatic rings. The first-order valence-corrected chi connectivity index (χ1v) is 7.87. The third kappa shape index (κ3) is 5.12. The number of nitrogens with one attached hydrogen (secondary N) is 1. The zero-order chi connectivity index (χ0) is 18.4. The summed E-state index contributed by atoms with van der Waals surface area (Å²) in [6.07, 6.45) is 1.28. The zero-order valence-corrected chi connectivity index (χ0v) is 14.9. The van der Waals surface area contributed by atoms with Crippen LogP contribution < -0.4 is 14.9 Å². The van der Waals surface area contributed by atoms with Gasteiger partial charge in [0.15, 0.2) is 18.1 Å². The summed E-state index contributed by atoms with van der Waals surface area (Å²) in [6.45, 7) is 3.68. The zero-order valence-electron chi connectivity index (χ0n) is 14.2. The van der Waals surface area contributed by atoms with E-state index in [1.54, 1.807) is 0 Å². The number of methoxy groups -OCH3 is 1. The van der Waals surface area contributed by atoms with Crippen molar-refractivity contribution in [2.24, 2.45) is 5.10 Å². The minimum atomic E-state index is -0.425. The monoisotopic (exact) mass is 362 g/mol. The number of aryl methyl sites for hydroxylation is 2. The van der Waals surface area contributed by atoms with Crippen molar-refractivity contribution >= 4 is 23.7 Å². The lowest BCUT2D eigenvalue weighted by molar-refractivity contribution is -0.123. The Labute approximate surface area is 151 Å². The van der Waals surface area contributed by atoms with Crippen LogP contribution in [0.4, 0.5) is 0 Å². The highest BCUT2D eigenvalue weighted by molar-refractivity contribution is 6.31. The van der Waals surface area contributed by atoms with E-state index in [4.69, 9.17) is 21.1 Å². The Morgan fingerprint density at radius 2 is 2.04 bits per heavy atom. The van der Waals surface area contributed by atoms with E-state index >= 15 is 0 Å². The standard InChI is InChI=1S/C18H19ClN2O4/c1-11-4-5-12(2)15(6-11)25-10-17(22)21-20-9-13-7-14(19)8-16(24-3)18(13)23/h4-9,23H,10H2,1-3H3,(H,21,22)/b20-9+. The van der Waals surface area contributed by atoms with Crippen molar-refractivity contribution in [3.8, 4) is 17.2 Å². The van der Waals surface area contributed by atoms with E-state index in [9.17, 15) is 9.90 Å². The summed E-state index contributed by atoms with van der Waals surface area (Å²) in [7, 11) is 1.42. The molecule has 6 nitrogen and oxygen atoms in total. The number of rotatable bonds is 6. The van der Waals surface area contributed by atoms with Crippen LogP contribution in [-0.2, 0) is 4.79 Å². The van der Waals surface area contributed by atoms with Gasteiger partial charge < -0.3 is 14.6 Å². The molecule has 0 aliphatic heterocycles. The van der Waals surface area contributed by atoms with Crippen molar-refractivity contribution in [3.05, 3.63) is 52.0 Å². The van der Waals surface area contributed by atoms with Gasteiger partial charge in [0, 0.05) is 16.7 Å². The molecule has 1 amide bonds. The molecule has 0 bridgehead atoms. The molecule has 132 valence electrons. The van der Waals surface area contributed by atoms with Crippen LogP contribution in [0.2, 0.25) is 5.02 Å². The molecule has 0 heterocycles. The van der Waals surface area contributed by atoms with Gasteiger partial charge in [-0.3, -0.25) is 4.79 Å². The average Bonchev–Trinajstić information content (AvgIpc) is 2.58. The number of carbonyl (C=O) groups excluding carboxylic acids is 1. The highest BCUT2D eigenvalue weighted by Crippen LogP contribution is 2.32. The van der Waals surface area contributed by atoms with Gasteiger partial charge in [-0.2, -0.15) is 5.10 Å². The second-order valence-electron chi connectivity index (χ2n) is 5.40. The van der Waals surface area contributed by atoms with Crippen LogP contribution in [-0.4, -0.2) is 30.9 Å². The number of carbonyl (C=O) groups is 1. The summed E-state index contributed by atoms with van der Waals surface area (Å²) in [5, 5.41) is 14.1. The van der Waals surface area contributed by atoms with Gasteiger partial charge in [0.1, 0.15) is 5.75 Å². The SMILES string of the molecule is COc1cc(Cl)cc(/C=N/NC(=O)COc2cc(C)ccc2C)c1O. The quantitative estimate of drug-likeness (QED) is 0.611. The Bertz CT molecular complexity index is 806. The van der Waals surface area contributed by atoms with Gasteiger partial charge in [-0.05, 0) is 37.1 Å². The number of ether oxygens (including phenoxy) is 2. The molecular weight excluding hydrogens is 344 g/mol. The fourth-order valence-corrected chi connectivity index (χ4v) is 2.28. The molecule has 0 spiro atoms. The van der Waals surface area contributed by atoms with Gasteiger partial charge in [0.2, 0.25) is 0 Å². The minimum absolute atomic E-state index is 0.114. The van der Waals surface area contributed by atoms with E-state index in [0.717, 1.165) is 11.1 Å². The number of benzene rings is 2. The second-order valence-corrected chi connectivity index (χ2v) is 5.83. The van der Waals surface area contributed by atoms with Crippen LogP contribution in [0, 0.1) is 13.8 Å². The van der Waals surface area contributed by atoms with Crippen molar-refractivity contribution in [2.45, 2.75) is 13.8 Å². The van der Waals surface area contributed by atoms with Crippen LogP contribution in [0.25, 0.3) is 0 Å². The normalized spacial score (nSPS) is 10.7. The molecule has 2 rings (SSSR count). The van der Waals surface area contributed by atoms with Crippen LogP contribution in [0.15, 0.2) is 35.4 Å². The van der Waals surface area contributed by atoms with E-state index < -0.39 is 5.91 Å². The van der Waals surface area contributed by atoms with Gasteiger partial charge >= 0.3 is 0 Å². The first kappa shape index (κ1) is 18.6. The van der Waals surface area contributed by atoms with Crippen molar-refractivity contribution in [1.29, 1.82) is 0 Å². The summed E-state index contributed by atoms with van der Waals surface area (Å²) in [5.41, 5.74) is 4.64. The highest BCUT2D eigenvalue weighted by Gasteiger charge is 2.09. The number of phenols is 1. The Morgan fingerprint density at radius 1 is 1.28 bits per heavy atom. The Hall–Kier alpha value is -2.73. The van der Waals surface area contributed by atoms with Crippen LogP contribution in [0.5, 0.6) is 17.2 Å². The van der Waals surface area contributed by atoms with E-state index in [-0.39, 0.29) is 18.1 Å². The molecule has 0 aromatic heterocycles. The maximum Gasteiger partial charge on any atom is 0.277 e. The number of hydrogen-bond donors (Lipinski definition) is 2. The van der Waals surface area contributed by atoms with E-state index in [0.29, 0.717) is 16.3 Å². The van der Waals surface area contributed by atoms with Gasteiger partial charge in [-0.1, -0.05) is 23.7 Å². The molecule has 0 saturated carbocycles. The topological polar surface area (TPSA) is 80.2 Å². The van der Waals surface area contributed by atoms with Gasteiger partial charge in [0.05, 0.1) is 13.3 Å². The van der Waals surface area contributed by atoms with Gasteiger partial charge in [-0.15, -0.1) is 0 Å². The summed E-state index contributed by atoms with van der Waals surface area (Å²) in [4.78, 5) is 11.8. The van der Waals surface area contributed by atoms with E-state index in [1.165, 1.54) is 25.5 Å². The minimum Gasteiger partial charge on any atom is -0.504 e. The molecule has 0 saturated heterocycles. The second kappa shape index (κ2) is 8.39. The number of hydrazone groups is 1. The number of phenolic OH excluding ortho intramolecular Hbond substituents is 1. The van der Waals surface area contributed by atoms with Crippen molar-refractivity contribution in [2.75, 3.05) is 13.7 Å². The molecule has 0 aliphatic rings. The number of halogens is 1. The third-order valence-electron chi connectivity index (χ3n) is 3.38. The molecular formula is C18H19ClN2O4. The molecule has 0 radical (unpaired) electrons. The Morgan fingerprint density at radius 3 is 2.76 bits per heavy atom. The number of hydrogen-bond acceptors (Lipinski definition) is 5. The average molecular weight is 363 g/mol. The highest BCUT2D eigenvalue weighted by atomic mass is 35.5. The lowest BCUT2D eigenvalue weighted by atomic mass is 10.1. The smallest absolute Gasteiger partial charge is 0.277 e. The predicted molar refractivity (Wildman–Crippen MR) is 96.8 cm³/mol. The van der Waals surface area contributed by atoms with Crippen molar-refractivity contribution in [1.82, 2.24) is 5.43 Å². The molecule has 0 fully saturated rings. The van der Waals surface area contributed by atoms with Crippen molar-refractivity contribution in [3.63, 3.8) is 0 Å². The number of nitrogens with zero attached hydrogens (tertiary/aromatic N) is 1. The molecule has 0 unspecified atom stereocenters. The number of amides is 1. The maximum atomic E-state index is 11.8. The fraction of sp³-hybridized carbons (Fsp3) is 0.222. The molecule has 2 aromatic carbocycles. The van der Waals surface area contributed by atoms with E-state index in [2.05, 4.69) is 10.5 Å². The first-order valence-electron chi connectivity index (χ1n) is 7.49. The molecule has 0 aliphatic carbocycles. The first-order chi connectivity index (χ1) is 11.9. The maximum absolute atomic E-state index is 11.8. The van der Waals surface area contributed by atoms with Gasteiger partial charge in [0.25, 0.3) is 5.91 Å². The summed E-state index contributed by atoms with van der Waals surface area (Å²) in [6, 6.07) is 8.74. The van der Waals surface area contributed by atoms with Crippen LogP contribution in [0.1, 0.15) is 16.7 Å².